The molecule has 1 aliphatic carbocycles. The van der Waals surface area contributed by atoms with Gasteiger partial charge in [0.05, 0.1) is 11.8 Å². The Kier molecular flexibility index (Phi) is 7.53. The van der Waals surface area contributed by atoms with Gasteiger partial charge in [-0.15, -0.1) is 0 Å². The number of nitrogens with zero attached hydrogens (tertiary/aromatic N) is 3. The van der Waals surface area contributed by atoms with Gasteiger partial charge < -0.3 is 4.42 Å². The maximum atomic E-state index is 9.29. The maximum absolute atomic E-state index is 9.29. The number of benzene rings is 1. The van der Waals surface area contributed by atoms with E-state index in [2.05, 4.69) is 46.8 Å². The Labute approximate surface area is 191 Å². The number of rotatable bonds is 8. The van der Waals surface area contributed by atoms with Gasteiger partial charge in [0.25, 0.3) is 0 Å². The fraction of sp³-hybridized carbons (Fsp3) is 0.357. The SMILES string of the molecule is C=C(C#N)C1CCCCN1CC1=CCC=C(CCCc2coc(-c3ccccc3)n2)C=C1. The number of nitriles is 1. The maximum Gasteiger partial charge on any atom is 0.226 e. The van der Waals surface area contributed by atoms with Crippen molar-refractivity contribution >= 4 is 0 Å². The van der Waals surface area contributed by atoms with Crippen LogP contribution in [0.15, 0.2) is 88.6 Å². The highest BCUT2D eigenvalue weighted by Gasteiger charge is 2.25. The first-order valence-corrected chi connectivity index (χ1v) is 11.6. The first kappa shape index (κ1) is 22.0. The quantitative estimate of drug-likeness (QED) is 0.459. The van der Waals surface area contributed by atoms with Gasteiger partial charge in [0.2, 0.25) is 5.89 Å². The van der Waals surface area contributed by atoms with E-state index in [1.807, 2.05) is 30.3 Å². The summed E-state index contributed by atoms with van der Waals surface area (Å²) in [5.41, 5.74) is 5.43. The van der Waals surface area contributed by atoms with Gasteiger partial charge in [-0.05, 0) is 62.8 Å². The molecule has 1 saturated heterocycles. The van der Waals surface area contributed by atoms with Gasteiger partial charge in [-0.2, -0.15) is 5.26 Å². The zero-order chi connectivity index (χ0) is 22.2. The Morgan fingerprint density at radius 1 is 1.12 bits per heavy atom. The number of hydrogen-bond acceptors (Lipinski definition) is 4. The molecule has 2 aromatic rings. The summed E-state index contributed by atoms with van der Waals surface area (Å²) in [6.07, 6.45) is 18.3. The van der Waals surface area contributed by atoms with Crippen molar-refractivity contribution < 1.29 is 4.42 Å². The number of piperidine rings is 1. The molecular formula is C28H31N3O. The number of aromatic nitrogens is 1. The largest absolute Gasteiger partial charge is 0.444 e. The number of hydrogen-bond donors (Lipinski definition) is 0. The Morgan fingerprint density at radius 2 is 1.94 bits per heavy atom. The molecule has 1 unspecified atom stereocenters. The second-order valence-corrected chi connectivity index (χ2v) is 8.61. The zero-order valence-corrected chi connectivity index (χ0v) is 18.7. The van der Waals surface area contributed by atoms with E-state index in [4.69, 9.17) is 4.42 Å². The van der Waals surface area contributed by atoms with Crippen LogP contribution in [-0.4, -0.2) is 29.0 Å². The van der Waals surface area contributed by atoms with Crippen molar-refractivity contribution in [2.75, 3.05) is 13.1 Å². The summed E-state index contributed by atoms with van der Waals surface area (Å²) in [6, 6.07) is 12.5. The second-order valence-electron chi connectivity index (χ2n) is 8.61. The average molecular weight is 426 g/mol. The topological polar surface area (TPSA) is 53.1 Å². The molecular weight excluding hydrogens is 394 g/mol. The van der Waals surface area contributed by atoms with E-state index >= 15 is 0 Å². The van der Waals surface area contributed by atoms with Crippen molar-refractivity contribution in [2.45, 2.75) is 51.0 Å². The molecule has 2 heterocycles. The second kappa shape index (κ2) is 10.9. The van der Waals surface area contributed by atoms with Gasteiger partial charge in [-0.25, -0.2) is 4.98 Å². The summed E-state index contributed by atoms with van der Waals surface area (Å²) < 4.78 is 5.65. The van der Waals surface area contributed by atoms with Gasteiger partial charge in [0.1, 0.15) is 6.26 Å². The molecule has 1 aliphatic heterocycles. The van der Waals surface area contributed by atoms with Gasteiger partial charge in [0.15, 0.2) is 0 Å². The Balaban J connectivity index is 1.27. The lowest BCUT2D eigenvalue weighted by Crippen LogP contribution is -2.41. The van der Waals surface area contributed by atoms with E-state index in [-0.39, 0.29) is 6.04 Å². The van der Waals surface area contributed by atoms with E-state index in [1.165, 1.54) is 24.0 Å². The van der Waals surface area contributed by atoms with Crippen LogP contribution in [0.5, 0.6) is 0 Å². The summed E-state index contributed by atoms with van der Waals surface area (Å²) in [6.45, 7) is 5.92. The molecule has 164 valence electrons. The van der Waals surface area contributed by atoms with Crippen molar-refractivity contribution in [3.63, 3.8) is 0 Å². The van der Waals surface area contributed by atoms with E-state index < -0.39 is 0 Å². The molecule has 1 aromatic heterocycles. The minimum Gasteiger partial charge on any atom is -0.444 e. The summed E-state index contributed by atoms with van der Waals surface area (Å²) >= 11 is 0. The van der Waals surface area contributed by atoms with Gasteiger partial charge in [-0.1, -0.05) is 61.1 Å². The van der Waals surface area contributed by atoms with Gasteiger partial charge >= 0.3 is 0 Å². The Hall–Kier alpha value is -3.16. The Morgan fingerprint density at radius 3 is 2.78 bits per heavy atom. The molecule has 4 nitrogen and oxygen atoms in total. The van der Waals surface area contributed by atoms with Crippen LogP contribution in [0.3, 0.4) is 0 Å². The van der Waals surface area contributed by atoms with E-state index in [0.717, 1.165) is 56.5 Å². The molecule has 0 spiro atoms. The van der Waals surface area contributed by atoms with Crippen LogP contribution in [0.2, 0.25) is 0 Å². The molecule has 0 bridgehead atoms. The standard InChI is InChI=1S/C28H31N3O/c1-22(19-29)27-15-5-6-18-31(27)20-24-11-7-9-23(16-17-24)10-8-14-26-21-32-28(30-26)25-12-3-2-4-13-25/h2-4,9,11-13,16-17,21,27H,1,5-8,10,14-15,18,20H2. The van der Waals surface area contributed by atoms with Crippen LogP contribution in [0, 0.1) is 11.3 Å². The van der Waals surface area contributed by atoms with Crippen molar-refractivity contribution in [3.8, 4) is 17.5 Å². The van der Waals surface area contributed by atoms with Crippen LogP contribution in [-0.2, 0) is 6.42 Å². The van der Waals surface area contributed by atoms with E-state index in [9.17, 15) is 5.26 Å². The minimum absolute atomic E-state index is 0.196. The lowest BCUT2D eigenvalue weighted by Gasteiger charge is -2.35. The molecule has 1 aromatic carbocycles. The van der Waals surface area contributed by atoms with Crippen molar-refractivity contribution in [1.82, 2.24) is 9.88 Å². The van der Waals surface area contributed by atoms with Crippen LogP contribution < -0.4 is 0 Å². The molecule has 0 N–H and O–H groups in total. The summed E-state index contributed by atoms with van der Waals surface area (Å²) in [4.78, 5) is 7.06. The summed E-state index contributed by atoms with van der Waals surface area (Å²) in [5, 5.41) is 9.29. The third-order valence-corrected chi connectivity index (χ3v) is 6.29. The van der Waals surface area contributed by atoms with Crippen LogP contribution >= 0.6 is 0 Å². The van der Waals surface area contributed by atoms with Crippen molar-refractivity contribution in [1.29, 1.82) is 5.26 Å². The molecule has 0 saturated carbocycles. The predicted molar refractivity (Wildman–Crippen MR) is 129 cm³/mol. The predicted octanol–water partition coefficient (Wildman–Crippen LogP) is 6.41. The lowest BCUT2D eigenvalue weighted by atomic mass is 9.96. The van der Waals surface area contributed by atoms with Gasteiger partial charge in [-0.3, -0.25) is 4.90 Å². The smallest absolute Gasteiger partial charge is 0.226 e. The van der Waals surface area contributed by atoms with E-state index in [0.29, 0.717) is 11.5 Å². The molecule has 1 fully saturated rings. The van der Waals surface area contributed by atoms with Crippen LogP contribution in [0.1, 0.15) is 44.2 Å². The monoisotopic (exact) mass is 425 g/mol. The van der Waals surface area contributed by atoms with Crippen LogP contribution in [0.4, 0.5) is 0 Å². The fourth-order valence-electron chi connectivity index (χ4n) is 4.51. The van der Waals surface area contributed by atoms with E-state index in [1.54, 1.807) is 6.26 Å². The molecule has 4 rings (SSSR count). The van der Waals surface area contributed by atoms with Gasteiger partial charge in [0, 0.05) is 23.7 Å². The lowest BCUT2D eigenvalue weighted by molar-refractivity contribution is 0.191. The third-order valence-electron chi connectivity index (χ3n) is 6.29. The molecule has 2 aliphatic rings. The number of likely N-dealkylation sites (tertiary alicyclic amines) is 1. The fourth-order valence-corrected chi connectivity index (χ4v) is 4.51. The zero-order valence-electron chi connectivity index (χ0n) is 18.7. The molecule has 1 atom stereocenters. The Bertz CT molecular complexity index is 1050. The van der Waals surface area contributed by atoms with Crippen molar-refractivity contribution in [2.24, 2.45) is 0 Å². The molecule has 0 radical (unpaired) electrons. The highest BCUT2D eigenvalue weighted by Crippen LogP contribution is 2.25. The average Bonchev–Trinajstić information content (AvgIpc) is 3.20. The number of allylic oxidation sites excluding steroid dienone is 4. The highest BCUT2D eigenvalue weighted by atomic mass is 16.3. The first-order chi connectivity index (χ1) is 15.7. The first-order valence-electron chi connectivity index (χ1n) is 11.6. The normalized spacial score (nSPS) is 19.0. The molecule has 0 amide bonds. The molecule has 4 heteroatoms. The third kappa shape index (κ3) is 5.75. The number of aryl methyl sites for hydroxylation is 1. The summed E-state index contributed by atoms with van der Waals surface area (Å²) in [7, 11) is 0. The minimum atomic E-state index is 0.196. The summed E-state index contributed by atoms with van der Waals surface area (Å²) in [5.74, 6) is 0.693. The van der Waals surface area contributed by atoms with Crippen LogP contribution in [0.25, 0.3) is 11.5 Å². The highest BCUT2D eigenvalue weighted by molar-refractivity contribution is 5.52. The van der Waals surface area contributed by atoms with Crippen molar-refractivity contribution in [3.05, 3.63) is 89.9 Å². The molecule has 32 heavy (non-hydrogen) atoms. The number of oxazole rings is 1.